The average Bonchev–Trinajstić information content (AvgIpc) is 3.04. The van der Waals surface area contributed by atoms with Crippen LogP contribution < -0.4 is 15.4 Å². The van der Waals surface area contributed by atoms with Gasteiger partial charge in [-0.1, -0.05) is 0 Å². The van der Waals surface area contributed by atoms with E-state index in [4.69, 9.17) is 4.74 Å². The highest BCUT2D eigenvalue weighted by Gasteiger charge is 2.20. The van der Waals surface area contributed by atoms with Crippen molar-refractivity contribution in [1.29, 1.82) is 0 Å². The normalized spacial score (nSPS) is 20.2. The van der Waals surface area contributed by atoms with Crippen molar-refractivity contribution in [2.75, 3.05) is 13.2 Å². The zero-order valence-corrected chi connectivity index (χ0v) is 15.6. The average molecular weight is 359 g/mol. The molecule has 2 aromatic rings. The van der Waals surface area contributed by atoms with Crippen molar-refractivity contribution < 1.29 is 9.53 Å². The van der Waals surface area contributed by atoms with Crippen LogP contribution in [0.25, 0.3) is 10.6 Å². The Morgan fingerprint density at radius 1 is 1.40 bits per heavy atom. The quantitative estimate of drug-likeness (QED) is 0.832. The summed E-state index contributed by atoms with van der Waals surface area (Å²) in [6.07, 6.45) is 2.32. The first-order valence-corrected chi connectivity index (χ1v) is 9.72. The maximum atomic E-state index is 12.3. The van der Waals surface area contributed by atoms with E-state index < -0.39 is 0 Å². The Morgan fingerprint density at radius 2 is 2.20 bits per heavy atom. The van der Waals surface area contributed by atoms with Crippen LogP contribution in [-0.4, -0.2) is 36.1 Å². The summed E-state index contributed by atoms with van der Waals surface area (Å²) < 4.78 is 5.46. The van der Waals surface area contributed by atoms with E-state index in [-0.39, 0.29) is 11.9 Å². The summed E-state index contributed by atoms with van der Waals surface area (Å²) in [4.78, 5) is 16.9. The molecule has 1 saturated heterocycles. The Hall–Kier alpha value is -1.92. The Kier molecular flexibility index (Phi) is 6.04. The molecule has 1 amide bonds. The van der Waals surface area contributed by atoms with Gasteiger partial charge in [-0.2, -0.15) is 0 Å². The molecule has 2 heterocycles. The number of aromatic nitrogens is 1. The molecule has 6 heteroatoms. The van der Waals surface area contributed by atoms with Crippen molar-refractivity contribution >= 4 is 17.2 Å². The van der Waals surface area contributed by atoms with E-state index in [1.807, 2.05) is 36.6 Å². The highest BCUT2D eigenvalue weighted by molar-refractivity contribution is 7.13. The zero-order valence-electron chi connectivity index (χ0n) is 14.7. The molecule has 0 radical (unpaired) electrons. The molecule has 2 N–H and O–H groups in total. The van der Waals surface area contributed by atoms with Gasteiger partial charge in [-0.05, 0) is 57.5 Å². The molecule has 5 nitrogen and oxygen atoms in total. The molecule has 1 aliphatic heterocycles. The predicted octanol–water partition coefficient (Wildman–Crippen LogP) is 3.01. The van der Waals surface area contributed by atoms with Crippen LogP contribution in [0.3, 0.4) is 0 Å². The van der Waals surface area contributed by atoms with Crippen LogP contribution in [0.15, 0.2) is 29.6 Å². The van der Waals surface area contributed by atoms with E-state index in [2.05, 4.69) is 22.5 Å². The van der Waals surface area contributed by atoms with Crippen LogP contribution in [0.4, 0.5) is 0 Å². The van der Waals surface area contributed by atoms with Gasteiger partial charge in [-0.15, -0.1) is 11.3 Å². The molecule has 0 spiro atoms. The fourth-order valence-electron chi connectivity index (χ4n) is 3.09. The summed E-state index contributed by atoms with van der Waals surface area (Å²) in [5.74, 6) is 0.918. The molecule has 1 aliphatic rings. The molecule has 2 atom stereocenters. The van der Waals surface area contributed by atoms with E-state index in [0.29, 0.717) is 19.1 Å². The van der Waals surface area contributed by atoms with E-state index >= 15 is 0 Å². The smallest absolute Gasteiger partial charge is 0.226 e. The van der Waals surface area contributed by atoms with Gasteiger partial charge in [0.15, 0.2) is 0 Å². The van der Waals surface area contributed by atoms with Crippen molar-refractivity contribution in [3.63, 3.8) is 0 Å². The molecule has 0 aliphatic carbocycles. The van der Waals surface area contributed by atoms with Gasteiger partial charge in [0.2, 0.25) is 5.91 Å². The molecule has 1 aromatic heterocycles. The van der Waals surface area contributed by atoms with Gasteiger partial charge in [0.1, 0.15) is 10.8 Å². The molecule has 134 valence electrons. The van der Waals surface area contributed by atoms with Crippen molar-refractivity contribution in [1.82, 2.24) is 15.6 Å². The summed E-state index contributed by atoms with van der Waals surface area (Å²) in [5.41, 5.74) is 1.88. The van der Waals surface area contributed by atoms with E-state index in [9.17, 15) is 4.79 Å². The third-order valence-electron chi connectivity index (χ3n) is 4.29. The molecular formula is C19H25N3O2S. The molecule has 1 aromatic carbocycles. The highest BCUT2D eigenvalue weighted by Crippen LogP contribution is 2.26. The van der Waals surface area contributed by atoms with E-state index in [0.717, 1.165) is 41.4 Å². The molecule has 0 saturated carbocycles. The SMILES string of the molecule is CCOc1ccc(-c2nc(CC(=O)NC3CCNC(C)C3)cs2)cc1. The third-order valence-corrected chi connectivity index (χ3v) is 5.23. The van der Waals surface area contributed by atoms with Crippen LogP contribution in [0.1, 0.15) is 32.4 Å². The van der Waals surface area contributed by atoms with E-state index in [1.54, 1.807) is 11.3 Å². The Balaban J connectivity index is 1.56. The standard InChI is InChI=1S/C19H25N3O2S/c1-3-24-17-6-4-14(5-7-17)19-22-16(12-25-19)11-18(23)21-15-8-9-20-13(2)10-15/h4-7,12-13,15,20H,3,8-11H2,1-2H3,(H,21,23). The van der Waals surface area contributed by atoms with Crippen LogP contribution in [0, 0.1) is 0 Å². The minimum Gasteiger partial charge on any atom is -0.494 e. The Labute approximate surface area is 152 Å². The highest BCUT2D eigenvalue weighted by atomic mass is 32.1. The summed E-state index contributed by atoms with van der Waals surface area (Å²) in [5, 5.41) is 9.44. The molecule has 3 rings (SSSR count). The second kappa shape index (κ2) is 8.45. The van der Waals surface area contributed by atoms with E-state index in [1.165, 1.54) is 0 Å². The van der Waals surface area contributed by atoms with Gasteiger partial charge in [0, 0.05) is 23.0 Å². The zero-order chi connectivity index (χ0) is 17.6. The van der Waals surface area contributed by atoms with Gasteiger partial charge in [0.05, 0.1) is 18.7 Å². The lowest BCUT2D eigenvalue weighted by Crippen LogP contribution is -2.46. The maximum Gasteiger partial charge on any atom is 0.226 e. The fraction of sp³-hybridized carbons (Fsp3) is 0.474. The minimum absolute atomic E-state index is 0.0580. The lowest BCUT2D eigenvalue weighted by atomic mass is 10.0. The van der Waals surface area contributed by atoms with Gasteiger partial charge in [-0.3, -0.25) is 4.79 Å². The fourth-order valence-corrected chi connectivity index (χ4v) is 3.91. The van der Waals surface area contributed by atoms with Crippen molar-refractivity contribution in [2.45, 2.75) is 45.2 Å². The van der Waals surface area contributed by atoms with Crippen molar-refractivity contribution in [3.05, 3.63) is 35.3 Å². The monoisotopic (exact) mass is 359 g/mol. The number of benzene rings is 1. The van der Waals surface area contributed by atoms with Crippen LogP contribution >= 0.6 is 11.3 Å². The number of hydrogen-bond acceptors (Lipinski definition) is 5. The molecule has 0 bridgehead atoms. The number of rotatable bonds is 6. The Morgan fingerprint density at radius 3 is 2.92 bits per heavy atom. The van der Waals surface area contributed by atoms with Crippen LogP contribution in [0.5, 0.6) is 5.75 Å². The molecule has 25 heavy (non-hydrogen) atoms. The summed E-state index contributed by atoms with van der Waals surface area (Å²) >= 11 is 1.57. The second-order valence-electron chi connectivity index (χ2n) is 6.42. The number of nitrogens with zero attached hydrogens (tertiary/aromatic N) is 1. The topological polar surface area (TPSA) is 63.2 Å². The number of carbonyl (C=O) groups excluding carboxylic acids is 1. The number of ether oxygens (including phenoxy) is 1. The van der Waals surface area contributed by atoms with Crippen molar-refractivity contribution in [2.24, 2.45) is 0 Å². The van der Waals surface area contributed by atoms with Gasteiger partial charge in [0.25, 0.3) is 0 Å². The lowest BCUT2D eigenvalue weighted by Gasteiger charge is -2.28. The van der Waals surface area contributed by atoms with Gasteiger partial charge >= 0.3 is 0 Å². The first-order valence-electron chi connectivity index (χ1n) is 8.84. The number of amides is 1. The third kappa shape index (κ3) is 5.03. The second-order valence-corrected chi connectivity index (χ2v) is 7.28. The van der Waals surface area contributed by atoms with Crippen molar-refractivity contribution in [3.8, 4) is 16.3 Å². The number of thiazole rings is 1. The largest absolute Gasteiger partial charge is 0.494 e. The van der Waals surface area contributed by atoms with Crippen LogP contribution in [-0.2, 0) is 11.2 Å². The predicted molar refractivity (Wildman–Crippen MR) is 101 cm³/mol. The molecule has 2 unspecified atom stereocenters. The van der Waals surface area contributed by atoms with Gasteiger partial charge < -0.3 is 15.4 Å². The first-order chi connectivity index (χ1) is 12.1. The molecule has 1 fully saturated rings. The minimum atomic E-state index is 0.0580. The summed E-state index contributed by atoms with van der Waals surface area (Å²) in [7, 11) is 0. The van der Waals surface area contributed by atoms with Gasteiger partial charge in [-0.25, -0.2) is 4.98 Å². The number of hydrogen-bond donors (Lipinski definition) is 2. The number of carbonyl (C=O) groups is 1. The maximum absolute atomic E-state index is 12.3. The first kappa shape index (κ1) is 17.9. The Bertz CT molecular complexity index is 699. The number of piperidine rings is 1. The summed E-state index contributed by atoms with van der Waals surface area (Å²) in [6.45, 7) is 5.74. The lowest BCUT2D eigenvalue weighted by molar-refractivity contribution is -0.121. The van der Waals surface area contributed by atoms with Crippen LogP contribution in [0.2, 0.25) is 0 Å². The number of nitrogens with one attached hydrogen (secondary N) is 2. The molecular weight excluding hydrogens is 334 g/mol. The summed E-state index contributed by atoms with van der Waals surface area (Å²) in [6, 6.07) is 8.64.